The van der Waals surface area contributed by atoms with Crippen LogP contribution in [0.25, 0.3) is 0 Å². The lowest BCUT2D eigenvalue weighted by atomic mass is 10.2. The topological polar surface area (TPSA) is 66.4 Å². The van der Waals surface area contributed by atoms with E-state index in [1.54, 1.807) is 18.2 Å². The van der Waals surface area contributed by atoms with Gasteiger partial charge in [-0.2, -0.15) is 0 Å². The Kier molecular flexibility index (Phi) is 4.90. The van der Waals surface area contributed by atoms with Crippen LogP contribution in [0.4, 0.5) is 5.69 Å². The van der Waals surface area contributed by atoms with Crippen molar-refractivity contribution in [3.63, 3.8) is 0 Å². The summed E-state index contributed by atoms with van der Waals surface area (Å²) in [4.78, 5) is 0.0550. The molecule has 0 aliphatic heterocycles. The van der Waals surface area contributed by atoms with Gasteiger partial charge in [-0.25, -0.2) is 8.42 Å². The molecule has 0 saturated heterocycles. The Labute approximate surface area is 136 Å². The van der Waals surface area contributed by atoms with Crippen molar-refractivity contribution in [1.29, 1.82) is 0 Å². The van der Waals surface area contributed by atoms with E-state index in [1.807, 2.05) is 6.07 Å². The quantitative estimate of drug-likeness (QED) is 0.742. The number of aliphatic hydroxyl groups is 1. The van der Waals surface area contributed by atoms with E-state index in [9.17, 15) is 8.42 Å². The first-order valence-electron chi connectivity index (χ1n) is 5.60. The normalized spacial score (nSPS) is 11.3. The van der Waals surface area contributed by atoms with Crippen molar-refractivity contribution in [3.05, 3.63) is 56.6 Å². The average Bonchev–Trinajstić information content (AvgIpc) is 2.41. The summed E-state index contributed by atoms with van der Waals surface area (Å²) in [5.41, 5.74) is 0.996. The van der Waals surface area contributed by atoms with Crippen LogP contribution in [0.15, 0.2) is 47.4 Å². The van der Waals surface area contributed by atoms with Gasteiger partial charge in [-0.3, -0.25) is 4.72 Å². The molecule has 2 aromatic carbocycles. The van der Waals surface area contributed by atoms with E-state index < -0.39 is 10.0 Å². The van der Waals surface area contributed by atoms with E-state index >= 15 is 0 Å². The molecule has 0 spiro atoms. The maximum absolute atomic E-state index is 12.3. The number of hydrogen-bond acceptors (Lipinski definition) is 3. The van der Waals surface area contributed by atoms with Crippen LogP contribution >= 0.6 is 34.2 Å². The predicted molar refractivity (Wildman–Crippen MR) is 87.3 cm³/mol. The molecule has 0 fully saturated rings. The molecule has 0 saturated carbocycles. The first-order chi connectivity index (χ1) is 9.44. The molecule has 20 heavy (non-hydrogen) atoms. The Morgan fingerprint density at radius 2 is 1.90 bits per heavy atom. The zero-order chi connectivity index (χ0) is 14.8. The van der Waals surface area contributed by atoms with Gasteiger partial charge in [0.15, 0.2) is 0 Å². The highest BCUT2D eigenvalue weighted by Crippen LogP contribution is 2.24. The third kappa shape index (κ3) is 3.43. The van der Waals surface area contributed by atoms with E-state index in [4.69, 9.17) is 16.7 Å². The predicted octanol–water partition coefficient (Wildman–Crippen LogP) is 3.24. The molecule has 0 aromatic heterocycles. The van der Waals surface area contributed by atoms with Crippen LogP contribution in [0.3, 0.4) is 0 Å². The number of para-hydroxylation sites is 1. The molecule has 0 atom stereocenters. The second-order valence-corrected chi connectivity index (χ2v) is 7.25. The van der Waals surface area contributed by atoms with Gasteiger partial charge in [0.1, 0.15) is 0 Å². The third-order valence-corrected chi connectivity index (χ3v) is 5.28. The monoisotopic (exact) mass is 423 g/mol. The fraction of sp³-hybridized carbons (Fsp3) is 0.0769. The second kappa shape index (κ2) is 6.30. The molecular formula is C13H11ClINO3S. The molecule has 2 rings (SSSR count). The van der Waals surface area contributed by atoms with Gasteiger partial charge in [-0.15, -0.1) is 0 Å². The van der Waals surface area contributed by atoms with Crippen LogP contribution < -0.4 is 4.72 Å². The largest absolute Gasteiger partial charge is 0.392 e. The minimum Gasteiger partial charge on any atom is -0.392 e. The number of benzene rings is 2. The van der Waals surface area contributed by atoms with Crippen LogP contribution in [0.2, 0.25) is 5.02 Å². The van der Waals surface area contributed by atoms with Crippen molar-refractivity contribution in [3.8, 4) is 0 Å². The summed E-state index contributed by atoms with van der Waals surface area (Å²) in [6.45, 7) is -0.233. The molecule has 4 nitrogen and oxygen atoms in total. The summed E-state index contributed by atoms with van der Waals surface area (Å²) in [6.07, 6.45) is 0. The van der Waals surface area contributed by atoms with Gasteiger partial charge in [0.05, 0.1) is 17.2 Å². The molecule has 2 N–H and O–H groups in total. The van der Waals surface area contributed by atoms with Crippen molar-refractivity contribution in [2.75, 3.05) is 4.72 Å². The number of nitrogens with one attached hydrogen (secondary N) is 1. The summed E-state index contributed by atoms with van der Waals surface area (Å²) in [6, 6.07) is 11.3. The van der Waals surface area contributed by atoms with Crippen LogP contribution in [-0.2, 0) is 16.6 Å². The van der Waals surface area contributed by atoms with Crippen LogP contribution in [0.1, 0.15) is 5.56 Å². The zero-order valence-corrected chi connectivity index (χ0v) is 13.9. The first-order valence-corrected chi connectivity index (χ1v) is 8.54. The fourth-order valence-electron chi connectivity index (χ4n) is 1.57. The van der Waals surface area contributed by atoms with Crippen molar-refractivity contribution >= 4 is 49.9 Å². The van der Waals surface area contributed by atoms with Gasteiger partial charge >= 0.3 is 0 Å². The van der Waals surface area contributed by atoms with Crippen LogP contribution in [-0.4, -0.2) is 13.5 Å². The van der Waals surface area contributed by atoms with Crippen molar-refractivity contribution in [2.24, 2.45) is 0 Å². The molecule has 2 aromatic rings. The molecule has 0 amide bonds. The molecule has 0 bridgehead atoms. The SMILES string of the molecule is O=S(=O)(Nc1ccccc1I)c1ccc(CO)c(Cl)c1. The molecular weight excluding hydrogens is 413 g/mol. The number of rotatable bonds is 4. The Bertz CT molecular complexity index is 734. The summed E-state index contributed by atoms with van der Waals surface area (Å²) in [7, 11) is -3.70. The first kappa shape index (κ1) is 15.6. The van der Waals surface area contributed by atoms with Crippen LogP contribution in [0, 0.1) is 3.57 Å². The summed E-state index contributed by atoms with van der Waals surface area (Å²) in [5.74, 6) is 0. The number of aliphatic hydroxyl groups excluding tert-OH is 1. The minimum absolute atomic E-state index is 0.0550. The minimum atomic E-state index is -3.70. The molecule has 7 heteroatoms. The van der Waals surface area contributed by atoms with Gasteiger partial charge in [-0.1, -0.05) is 29.8 Å². The third-order valence-electron chi connectivity index (χ3n) is 2.62. The highest BCUT2D eigenvalue weighted by Gasteiger charge is 2.16. The fourth-order valence-corrected chi connectivity index (χ4v) is 3.69. The summed E-state index contributed by atoms with van der Waals surface area (Å²) < 4.78 is 27.8. The number of halogens is 2. The smallest absolute Gasteiger partial charge is 0.261 e. The maximum atomic E-state index is 12.3. The molecule has 0 heterocycles. The summed E-state index contributed by atoms with van der Waals surface area (Å²) in [5, 5.41) is 9.25. The lowest BCUT2D eigenvalue weighted by molar-refractivity contribution is 0.282. The van der Waals surface area contributed by atoms with Gasteiger partial charge in [-0.05, 0) is 52.4 Å². The van der Waals surface area contributed by atoms with E-state index in [-0.39, 0.29) is 16.5 Å². The molecule has 106 valence electrons. The van der Waals surface area contributed by atoms with Crippen molar-refractivity contribution in [1.82, 2.24) is 0 Å². The van der Waals surface area contributed by atoms with Crippen molar-refractivity contribution < 1.29 is 13.5 Å². The van der Waals surface area contributed by atoms with E-state index in [2.05, 4.69) is 27.3 Å². The van der Waals surface area contributed by atoms with Gasteiger partial charge in [0.25, 0.3) is 10.0 Å². The summed E-state index contributed by atoms with van der Waals surface area (Å²) >= 11 is 7.97. The molecule has 0 radical (unpaired) electrons. The van der Waals surface area contributed by atoms with Gasteiger partial charge < -0.3 is 5.11 Å². The van der Waals surface area contributed by atoms with Gasteiger partial charge in [0, 0.05) is 8.59 Å². The number of sulfonamides is 1. The molecule has 0 aliphatic rings. The van der Waals surface area contributed by atoms with Crippen LogP contribution in [0.5, 0.6) is 0 Å². The number of hydrogen-bond donors (Lipinski definition) is 2. The van der Waals surface area contributed by atoms with E-state index in [0.717, 1.165) is 3.57 Å². The Morgan fingerprint density at radius 1 is 1.20 bits per heavy atom. The van der Waals surface area contributed by atoms with E-state index in [0.29, 0.717) is 11.3 Å². The second-order valence-electron chi connectivity index (χ2n) is 4.00. The van der Waals surface area contributed by atoms with E-state index in [1.165, 1.54) is 18.2 Å². The highest BCUT2D eigenvalue weighted by molar-refractivity contribution is 14.1. The molecule has 0 unspecified atom stereocenters. The lowest BCUT2D eigenvalue weighted by Crippen LogP contribution is -2.14. The maximum Gasteiger partial charge on any atom is 0.261 e. The Hall–Kier alpha value is -0.830. The lowest BCUT2D eigenvalue weighted by Gasteiger charge is -2.10. The van der Waals surface area contributed by atoms with Gasteiger partial charge in [0.2, 0.25) is 0 Å². The Morgan fingerprint density at radius 3 is 2.50 bits per heavy atom. The van der Waals surface area contributed by atoms with Crippen molar-refractivity contribution in [2.45, 2.75) is 11.5 Å². The average molecular weight is 424 g/mol. The Balaban J connectivity index is 2.36. The highest BCUT2D eigenvalue weighted by atomic mass is 127. The zero-order valence-electron chi connectivity index (χ0n) is 10.2. The molecule has 0 aliphatic carbocycles. The number of anilines is 1. The standard InChI is InChI=1S/C13H11ClINO3S/c14-11-7-10(6-5-9(11)8-17)20(18,19)16-13-4-2-1-3-12(13)15/h1-7,16-17H,8H2.